The molecule has 1 nitrogen and oxygen atoms in total. The van der Waals surface area contributed by atoms with Gasteiger partial charge < -0.3 is 5.11 Å². The summed E-state index contributed by atoms with van der Waals surface area (Å²) in [6.45, 7) is 11.8. The molecule has 2 atom stereocenters. The molecular formula is C12H24OSi. The molecule has 0 amide bonds. The summed E-state index contributed by atoms with van der Waals surface area (Å²) in [7, 11) is -1.37. The number of allylic oxidation sites excluding steroid dienone is 1. The van der Waals surface area contributed by atoms with Crippen molar-refractivity contribution in [3.8, 4) is 0 Å². The van der Waals surface area contributed by atoms with Crippen LogP contribution in [0.1, 0.15) is 33.6 Å². The Morgan fingerprint density at radius 3 is 2.07 bits per heavy atom. The van der Waals surface area contributed by atoms with Gasteiger partial charge in [-0.2, -0.15) is 0 Å². The summed E-state index contributed by atoms with van der Waals surface area (Å²) < 4.78 is 0. The van der Waals surface area contributed by atoms with Crippen LogP contribution in [0.25, 0.3) is 0 Å². The van der Waals surface area contributed by atoms with E-state index in [0.29, 0.717) is 10.6 Å². The molecule has 1 N–H and O–H groups in total. The van der Waals surface area contributed by atoms with E-state index >= 15 is 0 Å². The van der Waals surface area contributed by atoms with Crippen molar-refractivity contribution < 1.29 is 5.11 Å². The fourth-order valence-electron chi connectivity index (χ4n) is 2.13. The van der Waals surface area contributed by atoms with E-state index in [1.807, 2.05) is 0 Å². The van der Waals surface area contributed by atoms with Crippen LogP contribution in [0.15, 0.2) is 12.2 Å². The first-order valence-corrected chi connectivity index (χ1v) is 8.67. The highest BCUT2D eigenvalue weighted by molar-refractivity contribution is 6.81. The molecule has 0 aliphatic heterocycles. The quantitative estimate of drug-likeness (QED) is 0.520. The van der Waals surface area contributed by atoms with Gasteiger partial charge in [0.15, 0.2) is 0 Å². The van der Waals surface area contributed by atoms with Gasteiger partial charge in [-0.25, -0.2) is 0 Å². The van der Waals surface area contributed by atoms with Crippen LogP contribution in [0.4, 0.5) is 0 Å². The van der Waals surface area contributed by atoms with E-state index in [9.17, 15) is 5.11 Å². The van der Waals surface area contributed by atoms with Crippen LogP contribution < -0.4 is 0 Å². The molecule has 0 radical (unpaired) electrons. The molecule has 82 valence electrons. The standard InChI is InChI=1S/C12H24OSi/c1-12(2,3)14(4,5)11-9-7-6-8-10(11)13/h6-7,10-11,13H,8-9H2,1-5H3/t10-,11+/m1/s1. The number of hydrogen-bond donors (Lipinski definition) is 1. The van der Waals surface area contributed by atoms with Gasteiger partial charge in [-0.15, -0.1) is 0 Å². The van der Waals surface area contributed by atoms with Crippen molar-refractivity contribution in [1.82, 2.24) is 0 Å². The van der Waals surface area contributed by atoms with Gasteiger partial charge >= 0.3 is 0 Å². The molecule has 14 heavy (non-hydrogen) atoms. The van der Waals surface area contributed by atoms with Crippen molar-refractivity contribution in [1.29, 1.82) is 0 Å². The van der Waals surface area contributed by atoms with Gasteiger partial charge in [-0.1, -0.05) is 46.0 Å². The predicted octanol–water partition coefficient (Wildman–Crippen LogP) is 3.58. The number of aliphatic hydroxyl groups excluding tert-OH is 1. The summed E-state index contributed by atoms with van der Waals surface area (Å²) in [6.07, 6.45) is 6.21. The maximum atomic E-state index is 10.1. The molecule has 1 aliphatic carbocycles. The van der Waals surface area contributed by atoms with E-state index in [2.05, 4.69) is 46.0 Å². The van der Waals surface area contributed by atoms with Crippen molar-refractivity contribution in [3.63, 3.8) is 0 Å². The Morgan fingerprint density at radius 2 is 1.64 bits per heavy atom. The molecule has 0 saturated carbocycles. The second kappa shape index (κ2) is 3.82. The van der Waals surface area contributed by atoms with Crippen molar-refractivity contribution >= 4 is 8.07 Å². The Morgan fingerprint density at radius 1 is 1.14 bits per heavy atom. The lowest BCUT2D eigenvalue weighted by molar-refractivity contribution is 0.160. The van der Waals surface area contributed by atoms with Crippen LogP contribution in [0.3, 0.4) is 0 Å². The van der Waals surface area contributed by atoms with Crippen LogP contribution in [0.5, 0.6) is 0 Å². The first-order chi connectivity index (χ1) is 6.27. The van der Waals surface area contributed by atoms with Crippen LogP contribution in [-0.4, -0.2) is 19.3 Å². The maximum Gasteiger partial charge on any atom is 0.0591 e. The second-order valence-electron chi connectivity index (χ2n) is 6.09. The lowest BCUT2D eigenvalue weighted by atomic mass is 10.0. The molecule has 0 saturated heterocycles. The normalized spacial score (nSPS) is 29.3. The van der Waals surface area contributed by atoms with Crippen molar-refractivity contribution in [2.24, 2.45) is 0 Å². The van der Waals surface area contributed by atoms with E-state index in [1.165, 1.54) is 0 Å². The summed E-state index contributed by atoms with van der Waals surface area (Å²) >= 11 is 0. The Labute approximate surface area is 89.2 Å². The van der Waals surface area contributed by atoms with Gasteiger partial charge in [0, 0.05) is 0 Å². The van der Waals surface area contributed by atoms with Gasteiger partial charge in [-0.3, -0.25) is 0 Å². The summed E-state index contributed by atoms with van der Waals surface area (Å²) in [4.78, 5) is 0. The lowest BCUT2D eigenvalue weighted by Gasteiger charge is -2.46. The monoisotopic (exact) mass is 212 g/mol. The zero-order valence-electron chi connectivity index (χ0n) is 10.2. The third-order valence-electron chi connectivity index (χ3n) is 4.26. The van der Waals surface area contributed by atoms with E-state index < -0.39 is 8.07 Å². The Balaban J connectivity index is 2.86. The SMILES string of the molecule is CC(C)(C)[Si](C)(C)[C@H]1CC=CC[C@H]1O. The first-order valence-electron chi connectivity index (χ1n) is 5.60. The fourth-order valence-corrected chi connectivity index (χ4v) is 5.07. The second-order valence-corrected chi connectivity index (χ2v) is 11.8. The highest BCUT2D eigenvalue weighted by Crippen LogP contribution is 2.47. The smallest absolute Gasteiger partial charge is 0.0591 e. The minimum atomic E-state index is -1.37. The fraction of sp³-hybridized carbons (Fsp3) is 0.833. The summed E-state index contributed by atoms with van der Waals surface area (Å²) in [5, 5.41) is 10.4. The van der Waals surface area contributed by atoms with Gasteiger partial charge in [0.2, 0.25) is 0 Å². The van der Waals surface area contributed by atoms with Crippen LogP contribution in [0, 0.1) is 0 Å². The Hall–Kier alpha value is -0.0831. The van der Waals surface area contributed by atoms with Gasteiger partial charge in [0.05, 0.1) is 14.2 Å². The molecule has 0 heterocycles. The molecule has 0 unspecified atom stereocenters. The molecule has 0 aromatic heterocycles. The summed E-state index contributed by atoms with van der Waals surface area (Å²) in [5.41, 5.74) is 0.535. The molecule has 0 bridgehead atoms. The topological polar surface area (TPSA) is 20.2 Å². The average Bonchev–Trinajstić information content (AvgIpc) is 2.02. The third kappa shape index (κ3) is 2.11. The molecular weight excluding hydrogens is 188 g/mol. The molecule has 0 spiro atoms. The highest BCUT2D eigenvalue weighted by atomic mass is 28.3. The van der Waals surface area contributed by atoms with E-state index in [-0.39, 0.29) is 6.10 Å². The zero-order valence-corrected chi connectivity index (χ0v) is 11.2. The molecule has 1 aliphatic rings. The number of hydrogen-bond acceptors (Lipinski definition) is 1. The highest BCUT2D eigenvalue weighted by Gasteiger charge is 2.44. The molecule has 0 aromatic carbocycles. The van der Waals surface area contributed by atoms with Crippen LogP contribution >= 0.6 is 0 Å². The Bertz CT molecular complexity index is 225. The zero-order chi connectivity index (χ0) is 11.0. The van der Waals surface area contributed by atoms with Crippen LogP contribution in [-0.2, 0) is 0 Å². The lowest BCUT2D eigenvalue weighted by Crippen LogP contribution is -2.47. The number of aliphatic hydroxyl groups is 1. The van der Waals surface area contributed by atoms with Gasteiger partial charge in [0.25, 0.3) is 0 Å². The minimum Gasteiger partial charge on any atom is -0.393 e. The van der Waals surface area contributed by atoms with Crippen LogP contribution in [0.2, 0.25) is 23.7 Å². The summed E-state index contributed by atoms with van der Waals surface area (Å²) in [6, 6.07) is 0. The largest absolute Gasteiger partial charge is 0.393 e. The maximum absolute atomic E-state index is 10.1. The molecule has 1 rings (SSSR count). The molecule has 0 fully saturated rings. The van der Waals surface area contributed by atoms with E-state index in [0.717, 1.165) is 12.8 Å². The summed E-state index contributed by atoms with van der Waals surface area (Å²) in [5.74, 6) is 0. The number of rotatable bonds is 1. The molecule has 0 aromatic rings. The van der Waals surface area contributed by atoms with E-state index in [1.54, 1.807) is 0 Å². The minimum absolute atomic E-state index is 0.0964. The third-order valence-corrected chi connectivity index (χ3v) is 10.6. The van der Waals surface area contributed by atoms with Crippen molar-refractivity contribution in [2.75, 3.05) is 0 Å². The Kier molecular flexibility index (Phi) is 3.27. The first kappa shape index (κ1) is 12.0. The van der Waals surface area contributed by atoms with Gasteiger partial charge in [-0.05, 0) is 23.4 Å². The van der Waals surface area contributed by atoms with Crippen molar-refractivity contribution in [2.45, 2.75) is 63.4 Å². The predicted molar refractivity (Wildman–Crippen MR) is 65.3 cm³/mol. The van der Waals surface area contributed by atoms with Gasteiger partial charge in [0.1, 0.15) is 0 Å². The van der Waals surface area contributed by atoms with E-state index in [4.69, 9.17) is 0 Å². The molecule has 2 heteroatoms. The van der Waals surface area contributed by atoms with Crippen molar-refractivity contribution in [3.05, 3.63) is 12.2 Å². The average molecular weight is 212 g/mol.